The van der Waals surface area contributed by atoms with Gasteiger partial charge >= 0.3 is 0 Å². The molecule has 0 N–H and O–H groups in total. The van der Waals surface area contributed by atoms with Gasteiger partial charge in [-0.1, -0.05) is 13.3 Å². The minimum atomic E-state index is 0.300. The van der Waals surface area contributed by atoms with E-state index in [1.807, 2.05) is 0 Å². The number of fused-ring (bicyclic) bond motifs is 1. The van der Waals surface area contributed by atoms with E-state index in [0.29, 0.717) is 23.7 Å². The van der Waals surface area contributed by atoms with E-state index >= 15 is 0 Å². The number of nitrogens with zero attached hydrogens (tertiary/aromatic N) is 4. The van der Waals surface area contributed by atoms with Gasteiger partial charge < -0.3 is 9.47 Å². The maximum Gasteiger partial charge on any atom is 0.225 e. The highest BCUT2D eigenvalue weighted by atomic mass is 16.2. The Hall–Kier alpha value is -1.39. The highest BCUT2D eigenvalue weighted by Crippen LogP contribution is 2.40. The molecule has 1 aromatic heterocycles. The molecule has 0 bridgehead atoms. The number of likely N-dealkylation sites (tertiary alicyclic amines) is 1. The van der Waals surface area contributed by atoms with Gasteiger partial charge in [0.05, 0.1) is 0 Å². The molecule has 2 aliphatic heterocycles. The van der Waals surface area contributed by atoms with Crippen LogP contribution in [0.5, 0.6) is 0 Å². The van der Waals surface area contributed by atoms with E-state index in [-0.39, 0.29) is 0 Å². The number of piperidine rings is 1. The fourth-order valence-electron chi connectivity index (χ4n) is 4.10. The molecule has 1 aliphatic carbocycles. The van der Waals surface area contributed by atoms with E-state index in [4.69, 9.17) is 0 Å². The van der Waals surface area contributed by atoms with E-state index in [2.05, 4.69) is 26.6 Å². The second-order valence-corrected chi connectivity index (χ2v) is 7.38. The van der Waals surface area contributed by atoms with E-state index in [1.165, 1.54) is 19.3 Å². The molecule has 1 saturated carbocycles. The van der Waals surface area contributed by atoms with Crippen molar-refractivity contribution in [3.8, 4) is 0 Å². The molecule has 3 aliphatic rings. The predicted octanol–water partition coefficient (Wildman–Crippen LogP) is 2.37. The van der Waals surface area contributed by atoms with E-state index in [0.717, 1.165) is 57.0 Å². The quantitative estimate of drug-likeness (QED) is 0.843. The number of aryl methyl sites for hydroxylation is 1. The van der Waals surface area contributed by atoms with Crippen LogP contribution in [0.15, 0.2) is 0 Å². The molecule has 3 heterocycles. The van der Waals surface area contributed by atoms with Gasteiger partial charge in [0, 0.05) is 37.9 Å². The summed E-state index contributed by atoms with van der Waals surface area (Å²) in [4.78, 5) is 14.6. The lowest BCUT2D eigenvalue weighted by Crippen LogP contribution is -2.40. The van der Waals surface area contributed by atoms with Crippen molar-refractivity contribution in [3.63, 3.8) is 0 Å². The number of hydrogen-bond acceptors (Lipinski definition) is 3. The largest absolute Gasteiger partial charge is 0.342 e. The molecule has 2 fully saturated rings. The average molecular weight is 302 g/mol. The van der Waals surface area contributed by atoms with Crippen molar-refractivity contribution in [1.29, 1.82) is 0 Å². The number of carbonyl (C=O) groups is 1. The van der Waals surface area contributed by atoms with Gasteiger partial charge in [0.1, 0.15) is 11.6 Å². The van der Waals surface area contributed by atoms with Gasteiger partial charge in [0.25, 0.3) is 0 Å². The Bertz CT molecular complexity index is 567. The van der Waals surface area contributed by atoms with Gasteiger partial charge in [0.15, 0.2) is 0 Å². The van der Waals surface area contributed by atoms with Crippen LogP contribution < -0.4 is 0 Å². The predicted molar refractivity (Wildman–Crippen MR) is 83.4 cm³/mol. The van der Waals surface area contributed by atoms with Gasteiger partial charge in [-0.15, -0.1) is 10.2 Å². The summed E-state index contributed by atoms with van der Waals surface area (Å²) in [6, 6.07) is 0. The van der Waals surface area contributed by atoms with Crippen molar-refractivity contribution in [3.05, 3.63) is 11.6 Å². The van der Waals surface area contributed by atoms with Crippen LogP contribution in [0.4, 0.5) is 0 Å². The average Bonchev–Trinajstić information content (AvgIpc) is 3.21. The van der Waals surface area contributed by atoms with Crippen LogP contribution in [-0.2, 0) is 17.8 Å². The normalized spacial score (nSPS) is 31.5. The summed E-state index contributed by atoms with van der Waals surface area (Å²) < 4.78 is 2.35. The van der Waals surface area contributed by atoms with Crippen LogP contribution in [0.2, 0.25) is 0 Å². The summed E-state index contributed by atoms with van der Waals surface area (Å²) >= 11 is 0. The first-order valence-corrected chi connectivity index (χ1v) is 8.95. The molecule has 0 spiro atoms. The highest BCUT2D eigenvalue weighted by Gasteiger charge is 2.42. The van der Waals surface area contributed by atoms with E-state index in [1.54, 1.807) is 0 Å². The molecule has 4 rings (SSSR count). The molecule has 120 valence electrons. The fraction of sp³-hybridized carbons (Fsp3) is 0.824. The fourth-order valence-corrected chi connectivity index (χ4v) is 4.10. The first kappa shape index (κ1) is 14.2. The van der Waals surface area contributed by atoms with Crippen molar-refractivity contribution in [2.75, 3.05) is 13.1 Å². The van der Waals surface area contributed by atoms with Crippen molar-refractivity contribution < 1.29 is 4.79 Å². The Labute approximate surface area is 132 Å². The van der Waals surface area contributed by atoms with Gasteiger partial charge in [-0.3, -0.25) is 4.79 Å². The highest BCUT2D eigenvalue weighted by molar-refractivity contribution is 5.81. The van der Waals surface area contributed by atoms with Crippen molar-refractivity contribution in [2.45, 2.75) is 64.3 Å². The third kappa shape index (κ3) is 2.55. The Balaban J connectivity index is 1.50. The lowest BCUT2D eigenvalue weighted by molar-refractivity contribution is -0.134. The summed E-state index contributed by atoms with van der Waals surface area (Å²) in [5.74, 6) is 3.95. The topological polar surface area (TPSA) is 51.0 Å². The molecule has 5 nitrogen and oxygen atoms in total. The number of amides is 1. The molecule has 0 radical (unpaired) electrons. The molecule has 1 amide bonds. The van der Waals surface area contributed by atoms with Gasteiger partial charge in [0.2, 0.25) is 5.91 Å². The smallest absolute Gasteiger partial charge is 0.225 e. The van der Waals surface area contributed by atoms with Crippen LogP contribution in [0.1, 0.15) is 63.0 Å². The van der Waals surface area contributed by atoms with Crippen molar-refractivity contribution in [2.24, 2.45) is 11.8 Å². The Kier molecular flexibility index (Phi) is 3.66. The first-order valence-electron chi connectivity index (χ1n) is 8.95. The van der Waals surface area contributed by atoms with Crippen LogP contribution in [0.25, 0.3) is 0 Å². The Morgan fingerprint density at radius 2 is 2.00 bits per heavy atom. The third-order valence-corrected chi connectivity index (χ3v) is 5.66. The summed E-state index contributed by atoms with van der Waals surface area (Å²) in [6.07, 6.45) is 8.13. The summed E-state index contributed by atoms with van der Waals surface area (Å²) in [6.45, 7) is 5.02. The molecule has 1 aromatic rings. The summed E-state index contributed by atoms with van der Waals surface area (Å²) in [5, 5.41) is 8.94. The summed E-state index contributed by atoms with van der Waals surface area (Å²) in [7, 11) is 0. The SMILES string of the molecule is C[C@H]1C[C@H]1C(=O)N1CCC[C@@H](c2nnc3n2CCCCC3)C1. The monoisotopic (exact) mass is 302 g/mol. The maximum atomic E-state index is 12.5. The maximum absolute atomic E-state index is 12.5. The van der Waals surface area contributed by atoms with Crippen molar-refractivity contribution >= 4 is 5.91 Å². The number of hydrogen-bond donors (Lipinski definition) is 0. The lowest BCUT2D eigenvalue weighted by atomic mass is 9.96. The van der Waals surface area contributed by atoms with E-state index < -0.39 is 0 Å². The zero-order valence-electron chi connectivity index (χ0n) is 13.5. The zero-order chi connectivity index (χ0) is 15.1. The molecular weight excluding hydrogens is 276 g/mol. The Morgan fingerprint density at radius 3 is 2.82 bits per heavy atom. The molecular formula is C17H26N4O. The summed E-state index contributed by atoms with van der Waals surface area (Å²) in [5.41, 5.74) is 0. The molecule has 1 saturated heterocycles. The first-order chi connectivity index (χ1) is 10.7. The third-order valence-electron chi connectivity index (χ3n) is 5.66. The van der Waals surface area contributed by atoms with Crippen molar-refractivity contribution in [1.82, 2.24) is 19.7 Å². The minimum Gasteiger partial charge on any atom is -0.342 e. The van der Waals surface area contributed by atoms with Crippen LogP contribution in [0, 0.1) is 11.8 Å². The molecule has 3 atom stereocenters. The second-order valence-electron chi connectivity index (χ2n) is 7.38. The number of rotatable bonds is 2. The Morgan fingerprint density at radius 1 is 1.14 bits per heavy atom. The van der Waals surface area contributed by atoms with Crippen LogP contribution in [0.3, 0.4) is 0 Å². The van der Waals surface area contributed by atoms with Gasteiger partial charge in [-0.2, -0.15) is 0 Å². The molecule has 5 heteroatoms. The molecule has 0 unspecified atom stereocenters. The van der Waals surface area contributed by atoms with Crippen LogP contribution >= 0.6 is 0 Å². The second kappa shape index (κ2) is 5.67. The van der Waals surface area contributed by atoms with E-state index in [9.17, 15) is 4.79 Å². The standard InChI is InChI=1S/C17H26N4O/c1-12-10-14(12)17(22)20-8-5-6-13(11-20)16-19-18-15-7-3-2-4-9-21(15)16/h12-14H,2-11H2,1H3/t12-,13+,14+/m0/s1. The minimum absolute atomic E-state index is 0.300. The molecule has 22 heavy (non-hydrogen) atoms. The van der Waals surface area contributed by atoms with Gasteiger partial charge in [-0.05, 0) is 38.0 Å². The molecule has 0 aromatic carbocycles. The van der Waals surface area contributed by atoms with Gasteiger partial charge in [-0.25, -0.2) is 0 Å². The number of carbonyl (C=O) groups excluding carboxylic acids is 1. The number of aromatic nitrogens is 3. The lowest BCUT2D eigenvalue weighted by Gasteiger charge is -2.32. The van der Waals surface area contributed by atoms with Crippen LogP contribution in [-0.4, -0.2) is 38.7 Å². The zero-order valence-corrected chi connectivity index (χ0v) is 13.5.